The van der Waals surface area contributed by atoms with Crippen molar-refractivity contribution in [1.29, 1.82) is 0 Å². The van der Waals surface area contributed by atoms with Crippen LogP contribution in [0.5, 0.6) is 5.75 Å². The van der Waals surface area contributed by atoms with Crippen molar-refractivity contribution in [2.45, 2.75) is 33.1 Å². The summed E-state index contributed by atoms with van der Waals surface area (Å²) in [5.41, 5.74) is 6.22. The van der Waals surface area contributed by atoms with Gasteiger partial charge in [-0.15, -0.1) is 0 Å². The summed E-state index contributed by atoms with van der Waals surface area (Å²) in [5, 5.41) is 12.1. The van der Waals surface area contributed by atoms with Gasteiger partial charge in [0.25, 0.3) is 0 Å². The Labute approximate surface area is 115 Å². The van der Waals surface area contributed by atoms with E-state index in [4.69, 9.17) is 5.73 Å². The largest absolute Gasteiger partial charge is 0.508 e. The van der Waals surface area contributed by atoms with Gasteiger partial charge >= 0.3 is 0 Å². The number of hydrogen-bond acceptors (Lipinski definition) is 3. The summed E-state index contributed by atoms with van der Waals surface area (Å²) in [5.74, 6) is 1.16. The van der Waals surface area contributed by atoms with E-state index in [-0.39, 0.29) is 11.7 Å². The van der Waals surface area contributed by atoms with Gasteiger partial charge in [0.05, 0.1) is 0 Å². The van der Waals surface area contributed by atoms with Crippen LogP contribution >= 0.6 is 0 Å². The Bertz CT molecular complexity index is 405. The Balaban J connectivity index is 2.42. The fraction of sp³-hybridized carbons (Fsp3) is 0.533. The third-order valence-corrected chi connectivity index (χ3v) is 3.35. The lowest BCUT2D eigenvalue weighted by molar-refractivity contribution is -0.116. The van der Waals surface area contributed by atoms with Crippen molar-refractivity contribution >= 4 is 11.6 Å². The summed E-state index contributed by atoms with van der Waals surface area (Å²) in [4.78, 5) is 11.8. The molecule has 0 aromatic heterocycles. The molecule has 4 N–H and O–H groups in total. The summed E-state index contributed by atoms with van der Waals surface area (Å²) >= 11 is 0. The molecule has 4 heteroatoms. The van der Waals surface area contributed by atoms with Crippen LogP contribution in [-0.2, 0) is 4.79 Å². The van der Waals surface area contributed by atoms with Crippen molar-refractivity contribution in [3.05, 3.63) is 24.3 Å². The van der Waals surface area contributed by atoms with Gasteiger partial charge < -0.3 is 16.2 Å². The zero-order valence-electron chi connectivity index (χ0n) is 11.7. The minimum absolute atomic E-state index is 0.0201. The molecule has 106 valence electrons. The molecule has 0 radical (unpaired) electrons. The van der Waals surface area contributed by atoms with Crippen LogP contribution in [0.15, 0.2) is 24.3 Å². The van der Waals surface area contributed by atoms with Gasteiger partial charge in [0.1, 0.15) is 5.75 Å². The van der Waals surface area contributed by atoms with Gasteiger partial charge in [-0.1, -0.05) is 19.9 Å². The maximum atomic E-state index is 11.8. The molecule has 0 aliphatic heterocycles. The number of nitrogens with two attached hydrogens (primary N) is 1. The predicted octanol–water partition coefficient (Wildman–Crippen LogP) is 2.73. The van der Waals surface area contributed by atoms with Gasteiger partial charge in [0, 0.05) is 18.2 Å². The van der Waals surface area contributed by atoms with Gasteiger partial charge in [0.2, 0.25) is 5.91 Å². The molecule has 1 atom stereocenters. The summed E-state index contributed by atoms with van der Waals surface area (Å²) in [6.45, 7) is 4.98. The Morgan fingerprint density at radius 2 is 2.11 bits per heavy atom. The Hall–Kier alpha value is -1.55. The number of hydrogen-bond donors (Lipinski definition) is 3. The number of phenols is 1. The van der Waals surface area contributed by atoms with Crippen molar-refractivity contribution in [3.8, 4) is 5.75 Å². The van der Waals surface area contributed by atoms with E-state index < -0.39 is 0 Å². The molecule has 0 bridgehead atoms. The lowest BCUT2D eigenvalue weighted by atomic mass is 9.88. The first-order valence-corrected chi connectivity index (χ1v) is 6.82. The molecule has 0 saturated heterocycles. The van der Waals surface area contributed by atoms with Crippen molar-refractivity contribution in [3.63, 3.8) is 0 Å². The maximum absolute atomic E-state index is 11.8. The summed E-state index contributed by atoms with van der Waals surface area (Å²) in [6.07, 6.45) is 2.29. The molecule has 0 aliphatic rings. The van der Waals surface area contributed by atoms with E-state index in [0.717, 1.165) is 12.8 Å². The molecule has 0 aliphatic carbocycles. The van der Waals surface area contributed by atoms with E-state index in [1.54, 1.807) is 18.2 Å². The number of nitrogens with one attached hydrogen (secondary N) is 1. The third-order valence-electron chi connectivity index (χ3n) is 3.35. The SMILES string of the molecule is CC(C)C(CCN)CCC(=O)Nc1cccc(O)c1. The second kappa shape index (κ2) is 7.79. The molecule has 0 spiro atoms. The van der Waals surface area contributed by atoms with Crippen LogP contribution in [0.2, 0.25) is 0 Å². The molecule has 1 unspecified atom stereocenters. The molecule has 1 aromatic rings. The van der Waals surface area contributed by atoms with Crippen molar-refractivity contribution in [2.24, 2.45) is 17.6 Å². The lowest BCUT2D eigenvalue weighted by Crippen LogP contribution is -2.18. The van der Waals surface area contributed by atoms with Crippen LogP contribution in [0.4, 0.5) is 5.69 Å². The first-order chi connectivity index (χ1) is 9.02. The molecule has 1 amide bonds. The van der Waals surface area contributed by atoms with Gasteiger partial charge in [-0.25, -0.2) is 0 Å². The maximum Gasteiger partial charge on any atom is 0.224 e. The average Bonchev–Trinajstić information content (AvgIpc) is 2.34. The topological polar surface area (TPSA) is 75.4 Å². The van der Waals surface area contributed by atoms with Gasteiger partial charge in [-0.05, 0) is 43.4 Å². The second-order valence-corrected chi connectivity index (χ2v) is 5.22. The molecule has 1 rings (SSSR count). The van der Waals surface area contributed by atoms with Gasteiger partial charge in [-0.2, -0.15) is 0 Å². The number of benzene rings is 1. The van der Waals surface area contributed by atoms with E-state index >= 15 is 0 Å². The molecule has 19 heavy (non-hydrogen) atoms. The molecule has 0 saturated carbocycles. The highest BCUT2D eigenvalue weighted by Crippen LogP contribution is 2.21. The van der Waals surface area contributed by atoms with Crippen LogP contribution in [0.25, 0.3) is 0 Å². The Kier molecular flexibility index (Phi) is 6.36. The van der Waals surface area contributed by atoms with E-state index in [1.807, 2.05) is 0 Å². The number of carbonyl (C=O) groups is 1. The van der Waals surface area contributed by atoms with Crippen LogP contribution in [-0.4, -0.2) is 17.6 Å². The van der Waals surface area contributed by atoms with Crippen LogP contribution < -0.4 is 11.1 Å². The monoisotopic (exact) mass is 264 g/mol. The number of anilines is 1. The first-order valence-electron chi connectivity index (χ1n) is 6.82. The highest BCUT2D eigenvalue weighted by Gasteiger charge is 2.14. The first kappa shape index (κ1) is 15.5. The van der Waals surface area contributed by atoms with Gasteiger partial charge in [-0.3, -0.25) is 4.79 Å². The van der Waals surface area contributed by atoms with E-state index in [0.29, 0.717) is 30.5 Å². The van der Waals surface area contributed by atoms with Crippen molar-refractivity contribution in [1.82, 2.24) is 0 Å². The fourth-order valence-electron chi connectivity index (χ4n) is 2.15. The summed E-state index contributed by atoms with van der Waals surface area (Å²) in [6, 6.07) is 6.58. The number of aromatic hydroxyl groups is 1. The number of rotatable bonds is 7. The normalized spacial score (nSPS) is 12.4. The Morgan fingerprint density at radius 1 is 1.37 bits per heavy atom. The zero-order valence-corrected chi connectivity index (χ0v) is 11.7. The molecule has 1 aromatic carbocycles. The van der Waals surface area contributed by atoms with Crippen molar-refractivity contribution < 1.29 is 9.90 Å². The zero-order chi connectivity index (χ0) is 14.3. The quantitative estimate of drug-likeness (QED) is 0.708. The highest BCUT2D eigenvalue weighted by atomic mass is 16.3. The molecule has 4 nitrogen and oxygen atoms in total. The van der Waals surface area contributed by atoms with Crippen molar-refractivity contribution in [2.75, 3.05) is 11.9 Å². The molecule has 0 heterocycles. The third kappa shape index (κ3) is 5.75. The Morgan fingerprint density at radius 3 is 2.68 bits per heavy atom. The van der Waals surface area contributed by atoms with Gasteiger partial charge in [0.15, 0.2) is 0 Å². The van der Waals surface area contributed by atoms with Crippen LogP contribution in [0.3, 0.4) is 0 Å². The highest BCUT2D eigenvalue weighted by molar-refractivity contribution is 5.90. The van der Waals surface area contributed by atoms with Crippen LogP contribution in [0.1, 0.15) is 33.1 Å². The second-order valence-electron chi connectivity index (χ2n) is 5.22. The number of amides is 1. The standard InChI is InChI=1S/C15H24N2O2/c1-11(2)12(8-9-16)6-7-15(19)17-13-4-3-5-14(18)10-13/h3-5,10-12,18H,6-9,16H2,1-2H3,(H,17,19). The van der Waals surface area contributed by atoms with E-state index in [1.165, 1.54) is 6.07 Å². The number of carbonyl (C=O) groups excluding carboxylic acids is 1. The average molecular weight is 264 g/mol. The smallest absolute Gasteiger partial charge is 0.224 e. The lowest BCUT2D eigenvalue weighted by Gasteiger charge is -2.19. The number of phenolic OH excluding ortho intramolecular Hbond substituents is 1. The molecule has 0 fully saturated rings. The minimum atomic E-state index is -0.0201. The van der Waals surface area contributed by atoms with E-state index in [2.05, 4.69) is 19.2 Å². The van der Waals surface area contributed by atoms with Crippen LogP contribution in [0, 0.1) is 11.8 Å². The minimum Gasteiger partial charge on any atom is -0.508 e. The summed E-state index contributed by atoms with van der Waals surface area (Å²) < 4.78 is 0. The summed E-state index contributed by atoms with van der Waals surface area (Å²) in [7, 11) is 0. The fourth-order valence-corrected chi connectivity index (χ4v) is 2.15. The predicted molar refractivity (Wildman–Crippen MR) is 78.0 cm³/mol. The van der Waals surface area contributed by atoms with E-state index in [9.17, 15) is 9.90 Å². The molecular formula is C15H24N2O2. The molecular weight excluding hydrogens is 240 g/mol.